The number of nitrogens with one attached hydrogen (secondary N) is 1. The van der Waals surface area contributed by atoms with Gasteiger partial charge in [-0.1, -0.05) is 28.1 Å². The van der Waals surface area contributed by atoms with E-state index in [1.54, 1.807) is 29.1 Å². The number of rotatable bonds is 4. The van der Waals surface area contributed by atoms with Crippen molar-refractivity contribution in [3.8, 4) is 0 Å². The Morgan fingerprint density at radius 3 is 2.59 bits per heavy atom. The lowest BCUT2D eigenvalue weighted by molar-refractivity contribution is 0.0994. The lowest BCUT2D eigenvalue weighted by Crippen LogP contribution is -2.15. The molecule has 1 aromatic carbocycles. The molecule has 0 spiro atoms. The van der Waals surface area contributed by atoms with E-state index < -0.39 is 0 Å². The van der Waals surface area contributed by atoms with Crippen LogP contribution in [0.25, 0.3) is 0 Å². The van der Waals surface area contributed by atoms with Crippen molar-refractivity contribution < 1.29 is 9.21 Å². The molecule has 0 bridgehead atoms. The molecule has 1 amide bonds. The van der Waals surface area contributed by atoms with E-state index in [9.17, 15) is 4.79 Å². The van der Waals surface area contributed by atoms with Crippen molar-refractivity contribution in [1.82, 2.24) is 9.78 Å². The minimum absolute atomic E-state index is 0.239. The van der Waals surface area contributed by atoms with E-state index in [0.717, 1.165) is 10.0 Å². The zero-order valence-corrected chi connectivity index (χ0v) is 14.5. The zero-order valence-electron chi connectivity index (χ0n) is 11.3. The molecule has 0 fully saturated rings. The smallest absolute Gasteiger partial charge is 0.292 e. The molecule has 3 rings (SSSR count). The SMILES string of the molecule is O=C(Nc1ccnn1Cc1ccc(Br)cc1)c1ccc(Br)o1. The van der Waals surface area contributed by atoms with Gasteiger partial charge in [0.25, 0.3) is 5.91 Å². The van der Waals surface area contributed by atoms with Gasteiger partial charge in [0, 0.05) is 10.5 Å². The normalized spacial score (nSPS) is 10.6. The Morgan fingerprint density at radius 2 is 1.91 bits per heavy atom. The van der Waals surface area contributed by atoms with Crippen LogP contribution < -0.4 is 5.32 Å². The molecule has 2 heterocycles. The van der Waals surface area contributed by atoms with Gasteiger partial charge in [0.15, 0.2) is 10.4 Å². The molecule has 3 aromatic rings. The maximum atomic E-state index is 12.1. The van der Waals surface area contributed by atoms with E-state index in [-0.39, 0.29) is 11.7 Å². The Bertz CT molecular complexity index is 793. The highest BCUT2D eigenvalue weighted by Crippen LogP contribution is 2.17. The van der Waals surface area contributed by atoms with Crippen LogP contribution in [0.3, 0.4) is 0 Å². The molecule has 5 nitrogen and oxygen atoms in total. The summed E-state index contributed by atoms with van der Waals surface area (Å²) in [6.07, 6.45) is 1.65. The molecule has 1 N–H and O–H groups in total. The molecule has 22 heavy (non-hydrogen) atoms. The third kappa shape index (κ3) is 3.48. The van der Waals surface area contributed by atoms with Gasteiger partial charge in [0.1, 0.15) is 5.82 Å². The molecule has 0 saturated carbocycles. The molecule has 0 radical (unpaired) electrons. The minimum Gasteiger partial charge on any atom is -0.444 e. The Kier molecular flexibility index (Phi) is 4.44. The first-order valence-electron chi connectivity index (χ1n) is 6.45. The fraction of sp³-hybridized carbons (Fsp3) is 0.0667. The molecular formula is C15H11Br2N3O2. The molecule has 0 saturated heterocycles. The van der Waals surface area contributed by atoms with Gasteiger partial charge in [-0.15, -0.1) is 0 Å². The molecule has 0 atom stereocenters. The van der Waals surface area contributed by atoms with Gasteiger partial charge >= 0.3 is 0 Å². The van der Waals surface area contributed by atoms with Crippen molar-refractivity contribution in [1.29, 1.82) is 0 Å². The largest absolute Gasteiger partial charge is 0.444 e. The number of aromatic nitrogens is 2. The van der Waals surface area contributed by atoms with E-state index in [1.165, 1.54) is 0 Å². The van der Waals surface area contributed by atoms with Gasteiger partial charge < -0.3 is 9.73 Å². The number of nitrogens with zero attached hydrogens (tertiary/aromatic N) is 2. The maximum Gasteiger partial charge on any atom is 0.292 e. The standard InChI is InChI=1S/C15H11Br2N3O2/c16-11-3-1-10(2-4-11)9-20-14(7-8-18-20)19-15(21)12-5-6-13(17)22-12/h1-8H,9H2,(H,19,21). The monoisotopic (exact) mass is 423 g/mol. The summed E-state index contributed by atoms with van der Waals surface area (Å²) in [5, 5.41) is 7.03. The van der Waals surface area contributed by atoms with E-state index in [0.29, 0.717) is 17.0 Å². The second-order valence-electron chi connectivity index (χ2n) is 4.56. The first-order valence-corrected chi connectivity index (χ1v) is 8.03. The van der Waals surface area contributed by atoms with Crippen LogP contribution >= 0.6 is 31.9 Å². The average molecular weight is 425 g/mol. The van der Waals surface area contributed by atoms with Crippen LogP contribution in [0.5, 0.6) is 0 Å². The summed E-state index contributed by atoms with van der Waals surface area (Å²) in [6.45, 7) is 0.567. The van der Waals surface area contributed by atoms with Crippen molar-refractivity contribution in [3.63, 3.8) is 0 Å². The lowest BCUT2D eigenvalue weighted by atomic mass is 10.2. The summed E-state index contributed by atoms with van der Waals surface area (Å²) < 4.78 is 8.49. The van der Waals surface area contributed by atoms with E-state index in [1.807, 2.05) is 24.3 Å². The van der Waals surface area contributed by atoms with Crippen molar-refractivity contribution >= 4 is 43.6 Å². The first kappa shape index (κ1) is 15.1. The number of furan rings is 1. The van der Waals surface area contributed by atoms with Gasteiger partial charge in [0.2, 0.25) is 0 Å². The Hall–Kier alpha value is -1.86. The number of carbonyl (C=O) groups excluding carboxylic acids is 1. The third-order valence-corrected chi connectivity index (χ3v) is 3.96. The molecule has 0 unspecified atom stereocenters. The zero-order chi connectivity index (χ0) is 15.5. The van der Waals surface area contributed by atoms with Gasteiger partial charge in [0.05, 0.1) is 12.7 Å². The number of hydrogen-bond acceptors (Lipinski definition) is 3. The molecule has 0 aliphatic heterocycles. The Morgan fingerprint density at radius 1 is 1.14 bits per heavy atom. The second kappa shape index (κ2) is 6.50. The van der Waals surface area contributed by atoms with Crippen LogP contribution in [0.2, 0.25) is 0 Å². The van der Waals surface area contributed by atoms with Crippen LogP contribution in [0, 0.1) is 0 Å². The van der Waals surface area contributed by atoms with Crippen LogP contribution in [0.1, 0.15) is 16.1 Å². The number of halogens is 2. The predicted octanol–water partition coefficient (Wildman–Crippen LogP) is 4.30. The van der Waals surface area contributed by atoms with E-state index in [4.69, 9.17) is 4.42 Å². The molecular weight excluding hydrogens is 414 g/mol. The molecule has 112 valence electrons. The summed E-state index contributed by atoms with van der Waals surface area (Å²) in [5.41, 5.74) is 1.09. The molecule has 2 aromatic heterocycles. The summed E-state index contributed by atoms with van der Waals surface area (Å²) in [4.78, 5) is 12.1. The maximum absolute atomic E-state index is 12.1. The van der Waals surface area contributed by atoms with Crippen LogP contribution in [-0.4, -0.2) is 15.7 Å². The van der Waals surface area contributed by atoms with Gasteiger partial charge in [-0.2, -0.15) is 5.10 Å². The Balaban J connectivity index is 1.74. The fourth-order valence-corrected chi connectivity index (χ4v) is 2.51. The highest BCUT2D eigenvalue weighted by atomic mass is 79.9. The summed E-state index contributed by atoms with van der Waals surface area (Å²) in [6, 6.07) is 13.0. The van der Waals surface area contributed by atoms with Crippen LogP contribution in [0.15, 0.2) is 62.2 Å². The van der Waals surface area contributed by atoms with Crippen molar-refractivity contribution in [3.05, 3.63) is 69.1 Å². The van der Waals surface area contributed by atoms with Crippen LogP contribution in [-0.2, 0) is 6.54 Å². The minimum atomic E-state index is -0.316. The third-order valence-electron chi connectivity index (χ3n) is 3.00. The molecule has 7 heteroatoms. The average Bonchev–Trinajstić information content (AvgIpc) is 3.11. The molecule has 0 aliphatic rings. The van der Waals surface area contributed by atoms with E-state index >= 15 is 0 Å². The highest BCUT2D eigenvalue weighted by molar-refractivity contribution is 9.10. The fourth-order valence-electron chi connectivity index (χ4n) is 1.94. The summed E-state index contributed by atoms with van der Waals surface area (Å²) >= 11 is 6.58. The quantitative estimate of drug-likeness (QED) is 0.679. The van der Waals surface area contributed by atoms with Gasteiger partial charge in [-0.25, -0.2) is 4.68 Å². The summed E-state index contributed by atoms with van der Waals surface area (Å²) in [7, 11) is 0. The highest BCUT2D eigenvalue weighted by Gasteiger charge is 2.13. The number of amides is 1. The molecule has 0 aliphatic carbocycles. The number of hydrogen-bond donors (Lipinski definition) is 1. The second-order valence-corrected chi connectivity index (χ2v) is 6.26. The number of benzene rings is 1. The topological polar surface area (TPSA) is 60.1 Å². The number of carbonyl (C=O) groups is 1. The predicted molar refractivity (Wildman–Crippen MR) is 89.8 cm³/mol. The first-order chi connectivity index (χ1) is 10.6. The van der Waals surface area contributed by atoms with Crippen molar-refractivity contribution in [2.75, 3.05) is 5.32 Å². The van der Waals surface area contributed by atoms with Gasteiger partial charge in [-0.3, -0.25) is 4.79 Å². The lowest BCUT2D eigenvalue weighted by Gasteiger charge is -2.08. The van der Waals surface area contributed by atoms with E-state index in [2.05, 4.69) is 42.3 Å². The number of anilines is 1. The van der Waals surface area contributed by atoms with Crippen molar-refractivity contribution in [2.45, 2.75) is 6.54 Å². The Labute approximate surface area is 143 Å². The van der Waals surface area contributed by atoms with Crippen molar-refractivity contribution in [2.24, 2.45) is 0 Å². The van der Waals surface area contributed by atoms with Crippen LogP contribution in [0.4, 0.5) is 5.82 Å². The van der Waals surface area contributed by atoms with Gasteiger partial charge in [-0.05, 0) is 45.8 Å². The summed E-state index contributed by atoms with van der Waals surface area (Å²) in [5.74, 6) is 0.534.